The standard InChI is InChI=1S/C16H14ClFN4/c1-9(19)21-8-12-4-11-5-14(17)13(7-15(11)22-12)10-2-3-20-16(18)6-10/h2-7,21-22H,1,8,19H2. The first-order valence-electron chi connectivity index (χ1n) is 6.64. The third-order valence-corrected chi connectivity index (χ3v) is 3.62. The van der Waals surface area contributed by atoms with Gasteiger partial charge in [0.1, 0.15) is 0 Å². The maximum Gasteiger partial charge on any atom is 0.213 e. The Bertz CT molecular complexity index is 856. The van der Waals surface area contributed by atoms with Crippen molar-refractivity contribution in [1.29, 1.82) is 0 Å². The zero-order valence-corrected chi connectivity index (χ0v) is 12.4. The van der Waals surface area contributed by atoms with Crippen LogP contribution in [-0.4, -0.2) is 9.97 Å². The van der Waals surface area contributed by atoms with E-state index in [2.05, 4.69) is 21.9 Å². The van der Waals surface area contributed by atoms with Gasteiger partial charge in [-0.15, -0.1) is 0 Å². The number of halogens is 2. The van der Waals surface area contributed by atoms with Crippen LogP contribution in [0.15, 0.2) is 48.9 Å². The molecule has 0 atom stereocenters. The molecular formula is C16H14ClFN4. The molecule has 3 aromatic rings. The van der Waals surface area contributed by atoms with Gasteiger partial charge in [-0.3, -0.25) is 0 Å². The van der Waals surface area contributed by atoms with Crippen molar-refractivity contribution in [3.63, 3.8) is 0 Å². The zero-order valence-electron chi connectivity index (χ0n) is 11.7. The molecule has 1 aromatic carbocycles. The molecule has 4 N–H and O–H groups in total. The lowest BCUT2D eigenvalue weighted by atomic mass is 10.1. The molecule has 6 heteroatoms. The van der Waals surface area contributed by atoms with E-state index in [0.717, 1.165) is 22.2 Å². The number of hydrogen-bond donors (Lipinski definition) is 3. The first kappa shape index (κ1) is 14.4. The summed E-state index contributed by atoms with van der Waals surface area (Å²) in [4.78, 5) is 6.83. The molecule has 0 radical (unpaired) electrons. The van der Waals surface area contributed by atoms with Gasteiger partial charge in [-0.2, -0.15) is 4.39 Å². The van der Waals surface area contributed by atoms with Crippen molar-refractivity contribution < 1.29 is 4.39 Å². The summed E-state index contributed by atoms with van der Waals surface area (Å²) in [5.74, 6) is -0.129. The molecule has 0 saturated carbocycles. The van der Waals surface area contributed by atoms with E-state index in [-0.39, 0.29) is 0 Å². The number of aromatic nitrogens is 2. The third kappa shape index (κ3) is 2.89. The van der Waals surface area contributed by atoms with Crippen LogP contribution in [0.1, 0.15) is 5.69 Å². The topological polar surface area (TPSA) is 66.7 Å². The molecule has 3 rings (SSSR count). The average Bonchev–Trinajstić information content (AvgIpc) is 2.86. The van der Waals surface area contributed by atoms with Gasteiger partial charge in [0.25, 0.3) is 0 Å². The lowest BCUT2D eigenvalue weighted by molar-refractivity contribution is 0.584. The van der Waals surface area contributed by atoms with Gasteiger partial charge in [-0.1, -0.05) is 18.2 Å². The number of pyridine rings is 1. The normalized spacial score (nSPS) is 10.8. The van der Waals surface area contributed by atoms with Gasteiger partial charge in [0.15, 0.2) is 0 Å². The van der Waals surface area contributed by atoms with E-state index in [1.807, 2.05) is 18.2 Å². The monoisotopic (exact) mass is 316 g/mol. The summed E-state index contributed by atoms with van der Waals surface area (Å²) in [6.07, 6.45) is 1.42. The van der Waals surface area contributed by atoms with Gasteiger partial charge in [-0.25, -0.2) is 4.98 Å². The number of hydrogen-bond acceptors (Lipinski definition) is 3. The molecule has 0 spiro atoms. The molecule has 2 aromatic heterocycles. The van der Waals surface area contributed by atoms with Crippen LogP contribution in [0.3, 0.4) is 0 Å². The molecule has 0 aliphatic carbocycles. The molecule has 0 saturated heterocycles. The summed E-state index contributed by atoms with van der Waals surface area (Å²) >= 11 is 6.32. The van der Waals surface area contributed by atoms with Crippen LogP contribution in [0.25, 0.3) is 22.0 Å². The molecule has 0 fully saturated rings. The molecule has 0 amide bonds. The van der Waals surface area contributed by atoms with Crippen LogP contribution >= 0.6 is 11.6 Å². The second-order valence-corrected chi connectivity index (χ2v) is 5.37. The predicted octanol–water partition coefficient (Wildman–Crippen LogP) is 3.54. The van der Waals surface area contributed by atoms with E-state index in [1.54, 1.807) is 6.07 Å². The number of fused-ring (bicyclic) bond motifs is 1. The van der Waals surface area contributed by atoms with Crippen LogP contribution in [0.5, 0.6) is 0 Å². The minimum Gasteiger partial charge on any atom is -0.386 e. The van der Waals surface area contributed by atoms with E-state index >= 15 is 0 Å². The highest BCUT2D eigenvalue weighted by Gasteiger charge is 2.09. The smallest absolute Gasteiger partial charge is 0.213 e. The van der Waals surface area contributed by atoms with Crippen molar-refractivity contribution in [3.8, 4) is 11.1 Å². The Morgan fingerprint density at radius 3 is 2.91 bits per heavy atom. The number of H-pyrrole nitrogens is 1. The molecule has 0 unspecified atom stereocenters. The molecule has 0 aliphatic rings. The van der Waals surface area contributed by atoms with Crippen LogP contribution in [0.4, 0.5) is 4.39 Å². The third-order valence-electron chi connectivity index (χ3n) is 3.31. The van der Waals surface area contributed by atoms with E-state index in [4.69, 9.17) is 17.3 Å². The van der Waals surface area contributed by atoms with Crippen LogP contribution in [-0.2, 0) is 6.54 Å². The van der Waals surface area contributed by atoms with Crippen molar-refractivity contribution >= 4 is 22.5 Å². The summed E-state index contributed by atoms with van der Waals surface area (Å²) in [6, 6.07) is 8.81. The van der Waals surface area contributed by atoms with Crippen molar-refractivity contribution in [3.05, 3.63) is 65.6 Å². The van der Waals surface area contributed by atoms with Crippen LogP contribution in [0, 0.1) is 5.95 Å². The molecule has 22 heavy (non-hydrogen) atoms. The minimum absolute atomic E-state index is 0.407. The Balaban J connectivity index is 2.02. The number of nitrogens with one attached hydrogen (secondary N) is 2. The van der Waals surface area contributed by atoms with Crippen molar-refractivity contribution in [2.24, 2.45) is 5.73 Å². The Morgan fingerprint density at radius 1 is 1.36 bits per heavy atom. The maximum atomic E-state index is 13.3. The number of nitrogens with zero attached hydrogens (tertiary/aromatic N) is 1. The first-order chi connectivity index (χ1) is 10.5. The molecule has 2 heterocycles. The lowest BCUT2D eigenvalue weighted by Crippen LogP contribution is -2.18. The predicted molar refractivity (Wildman–Crippen MR) is 86.7 cm³/mol. The first-order valence-corrected chi connectivity index (χ1v) is 7.02. The van der Waals surface area contributed by atoms with Gasteiger partial charge in [0.05, 0.1) is 12.4 Å². The fraction of sp³-hybridized carbons (Fsp3) is 0.0625. The van der Waals surface area contributed by atoms with E-state index in [0.29, 0.717) is 23.0 Å². The lowest BCUT2D eigenvalue weighted by Gasteiger charge is -2.05. The number of aromatic amines is 1. The zero-order chi connectivity index (χ0) is 15.7. The Labute approximate surface area is 131 Å². The van der Waals surface area contributed by atoms with Crippen molar-refractivity contribution in [2.75, 3.05) is 0 Å². The summed E-state index contributed by atoms with van der Waals surface area (Å²) in [7, 11) is 0. The van der Waals surface area contributed by atoms with Gasteiger partial charge >= 0.3 is 0 Å². The SMILES string of the molecule is C=C(N)NCc1cc2cc(Cl)c(-c3ccnc(F)c3)cc2[nH]1. The second-order valence-electron chi connectivity index (χ2n) is 4.96. The van der Waals surface area contributed by atoms with Gasteiger partial charge in [0, 0.05) is 39.4 Å². The second kappa shape index (κ2) is 5.69. The minimum atomic E-state index is -0.536. The highest BCUT2D eigenvalue weighted by molar-refractivity contribution is 6.34. The van der Waals surface area contributed by atoms with E-state index in [9.17, 15) is 4.39 Å². The number of nitrogens with two attached hydrogens (primary N) is 1. The average molecular weight is 317 g/mol. The van der Waals surface area contributed by atoms with Gasteiger partial charge < -0.3 is 16.0 Å². The summed E-state index contributed by atoms with van der Waals surface area (Å²) in [5.41, 5.74) is 8.79. The summed E-state index contributed by atoms with van der Waals surface area (Å²) < 4.78 is 13.3. The molecular weight excluding hydrogens is 303 g/mol. The van der Waals surface area contributed by atoms with E-state index < -0.39 is 5.95 Å². The molecule has 4 nitrogen and oxygen atoms in total. The van der Waals surface area contributed by atoms with Crippen molar-refractivity contribution in [1.82, 2.24) is 15.3 Å². The fourth-order valence-corrected chi connectivity index (χ4v) is 2.59. The molecule has 0 bridgehead atoms. The van der Waals surface area contributed by atoms with Crippen LogP contribution in [0.2, 0.25) is 5.02 Å². The summed E-state index contributed by atoms with van der Waals surface area (Å²) in [5, 5.41) is 4.48. The highest BCUT2D eigenvalue weighted by Crippen LogP contribution is 2.32. The molecule has 0 aliphatic heterocycles. The number of benzene rings is 1. The highest BCUT2D eigenvalue weighted by atomic mass is 35.5. The Morgan fingerprint density at radius 2 is 2.18 bits per heavy atom. The Kier molecular flexibility index (Phi) is 3.73. The van der Waals surface area contributed by atoms with Gasteiger partial charge in [0.2, 0.25) is 5.95 Å². The van der Waals surface area contributed by atoms with Crippen LogP contribution < -0.4 is 11.1 Å². The summed E-state index contributed by atoms with van der Waals surface area (Å²) in [6.45, 7) is 4.13. The van der Waals surface area contributed by atoms with Gasteiger partial charge in [-0.05, 0) is 29.8 Å². The van der Waals surface area contributed by atoms with E-state index in [1.165, 1.54) is 12.3 Å². The fourth-order valence-electron chi connectivity index (χ4n) is 2.31. The largest absolute Gasteiger partial charge is 0.386 e. The number of rotatable bonds is 4. The quantitative estimate of drug-likeness (QED) is 0.645. The maximum absolute atomic E-state index is 13.3. The molecule has 112 valence electrons. The Hall–Kier alpha value is -2.53. The van der Waals surface area contributed by atoms with Crippen molar-refractivity contribution in [2.45, 2.75) is 6.54 Å².